The summed E-state index contributed by atoms with van der Waals surface area (Å²) < 4.78 is 14.7. The Hall–Kier alpha value is -2.38. The molecule has 27 heavy (non-hydrogen) atoms. The third-order valence-corrected chi connectivity index (χ3v) is 5.90. The van der Waals surface area contributed by atoms with Gasteiger partial charge in [-0.1, -0.05) is 18.2 Å². The molecule has 4 rings (SSSR count). The van der Waals surface area contributed by atoms with E-state index in [9.17, 15) is 14.0 Å². The molecule has 2 aliphatic rings. The smallest absolute Gasteiger partial charge is 0.237 e. The van der Waals surface area contributed by atoms with Gasteiger partial charge in [0.05, 0.1) is 17.1 Å². The number of benzene rings is 2. The summed E-state index contributed by atoms with van der Waals surface area (Å²) in [6.07, 6.45) is 0.727. The van der Waals surface area contributed by atoms with E-state index in [1.807, 2.05) is 30.3 Å². The predicted octanol–water partition coefficient (Wildman–Crippen LogP) is 2.94. The molecule has 2 amide bonds. The van der Waals surface area contributed by atoms with Crippen molar-refractivity contribution in [1.82, 2.24) is 5.32 Å². The lowest BCUT2D eigenvalue weighted by molar-refractivity contribution is -0.117. The summed E-state index contributed by atoms with van der Waals surface area (Å²) >= 11 is 1.51. The van der Waals surface area contributed by atoms with Crippen molar-refractivity contribution in [3.8, 4) is 0 Å². The second-order valence-corrected chi connectivity index (χ2v) is 7.61. The van der Waals surface area contributed by atoms with Gasteiger partial charge in [0.15, 0.2) is 0 Å². The van der Waals surface area contributed by atoms with Crippen molar-refractivity contribution in [2.75, 3.05) is 29.1 Å². The number of hydrogen-bond donors (Lipinski definition) is 2. The standard InChI is InChI=1S/C20H20FN3O2S/c21-20-14-7-9-22-11-13(14)5-6-15(20)23-18(25)8-10-24-16-3-1-2-4-17(16)27-12-19(24)26/h1-6,22H,7-12H2,(H,23,25). The second-order valence-electron chi connectivity index (χ2n) is 6.59. The van der Waals surface area contributed by atoms with Crippen LogP contribution in [0.15, 0.2) is 41.3 Å². The Labute approximate surface area is 161 Å². The van der Waals surface area contributed by atoms with Gasteiger partial charge in [-0.2, -0.15) is 0 Å². The summed E-state index contributed by atoms with van der Waals surface area (Å²) in [7, 11) is 0. The van der Waals surface area contributed by atoms with E-state index in [4.69, 9.17) is 0 Å². The fraction of sp³-hybridized carbons (Fsp3) is 0.300. The van der Waals surface area contributed by atoms with Crippen LogP contribution in [0.25, 0.3) is 0 Å². The highest BCUT2D eigenvalue weighted by Crippen LogP contribution is 2.35. The Balaban J connectivity index is 1.43. The highest BCUT2D eigenvalue weighted by Gasteiger charge is 2.25. The van der Waals surface area contributed by atoms with E-state index in [2.05, 4.69) is 10.6 Å². The molecule has 140 valence electrons. The largest absolute Gasteiger partial charge is 0.324 e. The topological polar surface area (TPSA) is 61.4 Å². The summed E-state index contributed by atoms with van der Waals surface area (Å²) in [4.78, 5) is 27.3. The molecule has 7 heteroatoms. The highest BCUT2D eigenvalue weighted by molar-refractivity contribution is 8.00. The Kier molecular flexibility index (Phi) is 5.13. The number of fused-ring (bicyclic) bond motifs is 2. The van der Waals surface area contributed by atoms with Gasteiger partial charge < -0.3 is 15.5 Å². The second kappa shape index (κ2) is 7.70. The maximum atomic E-state index is 14.7. The van der Waals surface area contributed by atoms with Gasteiger partial charge in [0, 0.05) is 24.4 Å². The highest BCUT2D eigenvalue weighted by atomic mass is 32.2. The van der Waals surface area contributed by atoms with Gasteiger partial charge in [-0.25, -0.2) is 4.39 Å². The molecule has 0 spiro atoms. The van der Waals surface area contributed by atoms with Crippen molar-refractivity contribution in [2.45, 2.75) is 24.3 Å². The fourth-order valence-corrected chi connectivity index (χ4v) is 4.39. The summed E-state index contributed by atoms with van der Waals surface area (Å²) in [5.41, 5.74) is 2.65. The lowest BCUT2D eigenvalue weighted by atomic mass is 9.99. The van der Waals surface area contributed by atoms with Crippen molar-refractivity contribution >= 4 is 35.0 Å². The summed E-state index contributed by atoms with van der Waals surface area (Å²) in [6.45, 7) is 1.66. The maximum absolute atomic E-state index is 14.7. The average Bonchev–Trinajstić information content (AvgIpc) is 2.69. The van der Waals surface area contributed by atoms with Crippen molar-refractivity contribution in [1.29, 1.82) is 0 Å². The molecule has 0 saturated heterocycles. The van der Waals surface area contributed by atoms with Gasteiger partial charge in [-0.3, -0.25) is 9.59 Å². The number of nitrogens with one attached hydrogen (secondary N) is 2. The lowest BCUT2D eigenvalue weighted by Crippen LogP contribution is -2.37. The molecule has 0 fully saturated rings. The van der Waals surface area contributed by atoms with Crippen LogP contribution in [0.5, 0.6) is 0 Å². The Morgan fingerprint density at radius 3 is 3.00 bits per heavy atom. The Morgan fingerprint density at radius 2 is 2.11 bits per heavy atom. The van der Waals surface area contributed by atoms with Gasteiger partial charge in [0.25, 0.3) is 0 Å². The molecular weight excluding hydrogens is 365 g/mol. The third-order valence-electron chi connectivity index (χ3n) is 4.85. The molecule has 0 bridgehead atoms. The normalized spacial score (nSPS) is 15.9. The molecule has 2 aromatic carbocycles. The van der Waals surface area contributed by atoms with Crippen LogP contribution in [0, 0.1) is 5.82 Å². The zero-order chi connectivity index (χ0) is 18.8. The van der Waals surface area contributed by atoms with E-state index in [1.165, 1.54) is 11.8 Å². The van der Waals surface area contributed by atoms with Crippen molar-refractivity contribution in [2.24, 2.45) is 0 Å². The Bertz CT molecular complexity index is 903. The van der Waals surface area contributed by atoms with Gasteiger partial charge in [-0.15, -0.1) is 11.8 Å². The number of carbonyl (C=O) groups is 2. The molecule has 0 unspecified atom stereocenters. The van der Waals surface area contributed by atoms with Gasteiger partial charge in [-0.05, 0) is 42.3 Å². The lowest BCUT2D eigenvalue weighted by Gasteiger charge is -2.28. The van der Waals surface area contributed by atoms with Crippen LogP contribution in [-0.2, 0) is 22.6 Å². The first-order valence-electron chi connectivity index (χ1n) is 8.96. The van der Waals surface area contributed by atoms with Gasteiger partial charge in [0.2, 0.25) is 11.8 Å². The number of anilines is 2. The molecule has 2 heterocycles. The van der Waals surface area contributed by atoms with Crippen LogP contribution in [-0.4, -0.2) is 30.7 Å². The quantitative estimate of drug-likeness (QED) is 0.850. The first-order valence-corrected chi connectivity index (χ1v) is 9.95. The van der Waals surface area contributed by atoms with E-state index in [-0.39, 0.29) is 36.3 Å². The van der Waals surface area contributed by atoms with Crippen LogP contribution in [0.2, 0.25) is 0 Å². The van der Waals surface area contributed by atoms with E-state index in [0.29, 0.717) is 24.3 Å². The third kappa shape index (κ3) is 3.70. The average molecular weight is 385 g/mol. The number of para-hydroxylation sites is 1. The zero-order valence-corrected chi connectivity index (χ0v) is 15.6. The van der Waals surface area contributed by atoms with Crippen LogP contribution in [0.4, 0.5) is 15.8 Å². The summed E-state index contributed by atoms with van der Waals surface area (Å²) in [5.74, 6) is -0.296. The van der Waals surface area contributed by atoms with Crippen LogP contribution in [0.1, 0.15) is 17.5 Å². The molecule has 0 atom stereocenters. The van der Waals surface area contributed by atoms with Crippen molar-refractivity contribution in [3.05, 3.63) is 53.3 Å². The van der Waals surface area contributed by atoms with E-state index in [1.54, 1.807) is 11.0 Å². The molecule has 5 nitrogen and oxygen atoms in total. The number of hydrogen-bond acceptors (Lipinski definition) is 4. The number of amides is 2. The molecule has 0 aromatic heterocycles. The molecular formula is C20H20FN3O2S. The molecule has 0 radical (unpaired) electrons. The Morgan fingerprint density at radius 1 is 1.26 bits per heavy atom. The number of halogens is 1. The summed E-state index contributed by atoms with van der Waals surface area (Å²) in [6, 6.07) is 11.1. The van der Waals surface area contributed by atoms with E-state index in [0.717, 1.165) is 22.7 Å². The molecule has 2 aliphatic heterocycles. The van der Waals surface area contributed by atoms with Crippen molar-refractivity contribution in [3.63, 3.8) is 0 Å². The van der Waals surface area contributed by atoms with Crippen molar-refractivity contribution < 1.29 is 14.0 Å². The molecule has 0 saturated carbocycles. The number of thioether (sulfide) groups is 1. The number of carbonyl (C=O) groups excluding carboxylic acids is 2. The monoisotopic (exact) mass is 385 g/mol. The van der Waals surface area contributed by atoms with E-state index >= 15 is 0 Å². The fourth-order valence-electron chi connectivity index (χ4n) is 3.46. The van der Waals surface area contributed by atoms with Crippen LogP contribution < -0.4 is 15.5 Å². The molecule has 0 aliphatic carbocycles. The van der Waals surface area contributed by atoms with Gasteiger partial charge in [0.1, 0.15) is 5.82 Å². The SMILES string of the molecule is O=C(CCN1C(=O)CSc2ccccc21)Nc1ccc2c(c1F)CCNC2. The maximum Gasteiger partial charge on any atom is 0.237 e. The first-order chi connectivity index (χ1) is 13.1. The minimum atomic E-state index is -0.349. The first kappa shape index (κ1) is 18.0. The molecule has 2 aromatic rings. The van der Waals surface area contributed by atoms with E-state index < -0.39 is 0 Å². The minimum absolute atomic E-state index is 0.0149. The minimum Gasteiger partial charge on any atom is -0.324 e. The predicted molar refractivity (Wildman–Crippen MR) is 105 cm³/mol. The number of nitrogens with zero attached hydrogens (tertiary/aromatic N) is 1. The van der Waals surface area contributed by atoms with Crippen LogP contribution in [0.3, 0.4) is 0 Å². The zero-order valence-electron chi connectivity index (χ0n) is 14.8. The van der Waals surface area contributed by atoms with Gasteiger partial charge >= 0.3 is 0 Å². The summed E-state index contributed by atoms with van der Waals surface area (Å²) in [5, 5.41) is 5.87. The molecule has 2 N–H and O–H groups in total. The van der Waals surface area contributed by atoms with Crippen LogP contribution >= 0.6 is 11.8 Å². The number of rotatable bonds is 4.